The Morgan fingerprint density at radius 2 is 2.00 bits per heavy atom. The normalized spacial score (nSPS) is 11.2. The van der Waals surface area contributed by atoms with Crippen molar-refractivity contribution < 1.29 is 8.42 Å². The maximum Gasteiger partial charge on any atom is 0.265 e. The van der Waals surface area contributed by atoms with Gasteiger partial charge in [0.25, 0.3) is 10.0 Å². The van der Waals surface area contributed by atoms with Gasteiger partial charge in [0.1, 0.15) is 4.90 Å². The fraction of sp³-hybridized carbons (Fsp3) is 0.0833. The van der Waals surface area contributed by atoms with Crippen LogP contribution in [0.5, 0.6) is 0 Å². The third kappa shape index (κ3) is 2.84. The van der Waals surface area contributed by atoms with E-state index in [2.05, 4.69) is 15.1 Å². The summed E-state index contributed by atoms with van der Waals surface area (Å²) in [5.74, 6) is 5.30. The Hall–Kier alpha value is -1.83. The van der Waals surface area contributed by atoms with Crippen molar-refractivity contribution in [2.75, 3.05) is 10.1 Å². The molecule has 0 aliphatic carbocycles. The van der Waals surface area contributed by atoms with Gasteiger partial charge in [-0.15, -0.1) is 0 Å². The highest BCUT2D eigenvalue weighted by Crippen LogP contribution is 2.27. The number of hydrogen-bond acceptors (Lipinski definition) is 5. The van der Waals surface area contributed by atoms with Crippen LogP contribution in [0.3, 0.4) is 0 Å². The lowest BCUT2D eigenvalue weighted by Gasteiger charge is -2.13. The first-order chi connectivity index (χ1) is 9.45. The van der Waals surface area contributed by atoms with Crippen LogP contribution in [0, 0.1) is 6.92 Å². The van der Waals surface area contributed by atoms with Crippen LogP contribution in [0.15, 0.2) is 41.6 Å². The van der Waals surface area contributed by atoms with Gasteiger partial charge >= 0.3 is 0 Å². The van der Waals surface area contributed by atoms with Gasteiger partial charge in [-0.25, -0.2) is 8.42 Å². The molecule has 106 valence electrons. The van der Waals surface area contributed by atoms with Gasteiger partial charge in [0, 0.05) is 17.4 Å². The minimum atomic E-state index is -3.81. The number of nitrogen functional groups attached to an aromatic ring is 1. The van der Waals surface area contributed by atoms with Crippen LogP contribution in [0.4, 0.5) is 11.4 Å². The molecule has 4 N–H and O–H groups in total. The number of aromatic nitrogens is 1. The monoisotopic (exact) mass is 312 g/mol. The fourth-order valence-corrected chi connectivity index (χ4v) is 3.04. The van der Waals surface area contributed by atoms with Crippen molar-refractivity contribution in [3.05, 3.63) is 47.2 Å². The zero-order valence-electron chi connectivity index (χ0n) is 10.6. The van der Waals surface area contributed by atoms with E-state index >= 15 is 0 Å². The number of anilines is 2. The molecule has 0 atom stereocenters. The number of pyridine rings is 1. The summed E-state index contributed by atoms with van der Waals surface area (Å²) in [4.78, 5) is 3.76. The Morgan fingerprint density at radius 3 is 2.70 bits per heavy atom. The first kappa shape index (κ1) is 14.6. The standard InChI is InChI=1S/C12H13ClN4O2S/c1-8-9(13)3-2-4-10(8)17-20(18,19)12-7-15-6-5-11(12)16-14/h2-7,17H,14H2,1H3,(H,15,16). The van der Waals surface area contributed by atoms with Crippen LogP contribution in [0.1, 0.15) is 5.56 Å². The van der Waals surface area contributed by atoms with E-state index in [0.717, 1.165) is 0 Å². The molecule has 0 saturated heterocycles. The molecule has 0 radical (unpaired) electrons. The van der Waals surface area contributed by atoms with Gasteiger partial charge in [-0.2, -0.15) is 0 Å². The first-order valence-electron chi connectivity index (χ1n) is 5.64. The van der Waals surface area contributed by atoms with E-state index in [9.17, 15) is 8.42 Å². The van der Waals surface area contributed by atoms with E-state index in [1.165, 1.54) is 18.5 Å². The highest BCUT2D eigenvalue weighted by atomic mass is 35.5. The first-order valence-corrected chi connectivity index (χ1v) is 7.50. The number of halogens is 1. The van der Waals surface area contributed by atoms with Gasteiger partial charge in [0.2, 0.25) is 0 Å². The molecule has 1 heterocycles. The van der Waals surface area contributed by atoms with Gasteiger partial charge in [0.05, 0.1) is 11.4 Å². The van der Waals surface area contributed by atoms with Crippen molar-refractivity contribution in [3.8, 4) is 0 Å². The molecule has 2 aromatic rings. The van der Waals surface area contributed by atoms with Crippen LogP contribution < -0.4 is 16.0 Å². The molecule has 1 aromatic carbocycles. The summed E-state index contributed by atoms with van der Waals surface area (Å²) in [6.07, 6.45) is 2.66. The SMILES string of the molecule is Cc1c(Cl)cccc1NS(=O)(=O)c1cnccc1NN. The molecule has 0 unspecified atom stereocenters. The zero-order chi connectivity index (χ0) is 14.8. The third-order valence-electron chi connectivity index (χ3n) is 2.74. The van der Waals surface area contributed by atoms with E-state index in [-0.39, 0.29) is 10.6 Å². The number of hydrazine groups is 1. The van der Waals surface area contributed by atoms with E-state index in [0.29, 0.717) is 16.3 Å². The fourth-order valence-electron chi connectivity index (χ4n) is 1.63. The molecular weight excluding hydrogens is 300 g/mol. The number of rotatable bonds is 4. The van der Waals surface area contributed by atoms with Crippen LogP contribution >= 0.6 is 11.6 Å². The molecule has 0 aliphatic rings. The average molecular weight is 313 g/mol. The summed E-state index contributed by atoms with van der Waals surface area (Å²) in [7, 11) is -3.81. The molecule has 6 nitrogen and oxygen atoms in total. The Kier molecular flexibility index (Phi) is 4.12. The molecule has 2 rings (SSSR count). The largest absolute Gasteiger partial charge is 0.323 e. The van der Waals surface area contributed by atoms with Crippen LogP contribution in [-0.4, -0.2) is 13.4 Å². The molecular formula is C12H13ClN4O2S. The molecule has 0 aliphatic heterocycles. The Labute approximate surface area is 122 Å². The van der Waals surface area contributed by atoms with Crippen molar-refractivity contribution in [3.63, 3.8) is 0 Å². The highest BCUT2D eigenvalue weighted by Gasteiger charge is 2.19. The molecule has 8 heteroatoms. The number of hydrogen-bond donors (Lipinski definition) is 3. The number of nitrogens with two attached hydrogens (primary N) is 1. The Balaban J connectivity index is 2.44. The quantitative estimate of drug-likeness (QED) is 0.593. The Bertz CT molecular complexity index is 734. The van der Waals surface area contributed by atoms with Crippen molar-refractivity contribution in [1.82, 2.24) is 4.98 Å². The second-order valence-electron chi connectivity index (χ2n) is 4.03. The lowest BCUT2D eigenvalue weighted by Crippen LogP contribution is -2.18. The maximum atomic E-state index is 12.4. The van der Waals surface area contributed by atoms with E-state index in [1.807, 2.05) is 0 Å². The summed E-state index contributed by atoms with van der Waals surface area (Å²) in [6, 6.07) is 6.45. The van der Waals surface area contributed by atoms with Crippen molar-refractivity contribution in [2.45, 2.75) is 11.8 Å². The van der Waals surface area contributed by atoms with Gasteiger partial charge in [-0.1, -0.05) is 17.7 Å². The summed E-state index contributed by atoms with van der Waals surface area (Å²) in [6.45, 7) is 1.73. The summed E-state index contributed by atoms with van der Waals surface area (Å²) < 4.78 is 27.2. The van der Waals surface area contributed by atoms with E-state index in [4.69, 9.17) is 17.4 Å². The Morgan fingerprint density at radius 1 is 1.25 bits per heavy atom. The number of sulfonamides is 1. The number of nitrogens with zero attached hydrogens (tertiary/aromatic N) is 1. The highest BCUT2D eigenvalue weighted by molar-refractivity contribution is 7.92. The minimum absolute atomic E-state index is 0.0399. The summed E-state index contributed by atoms with van der Waals surface area (Å²) in [5, 5.41) is 0.480. The molecule has 0 bridgehead atoms. The van der Waals surface area contributed by atoms with Crippen LogP contribution in [0.2, 0.25) is 5.02 Å². The number of nitrogens with one attached hydrogen (secondary N) is 2. The van der Waals surface area contributed by atoms with Crippen LogP contribution in [-0.2, 0) is 10.0 Å². The van der Waals surface area contributed by atoms with Gasteiger partial charge in [-0.3, -0.25) is 15.5 Å². The topological polar surface area (TPSA) is 97.1 Å². The van der Waals surface area contributed by atoms with Crippen molar-refractivity contribution in [2.24, 2.45) is 5.84 Å². The second-order valence-corrected chi connectivity index (χ2v) is 6.09. The van der Waals surface area contributed by atoms with Crippen molar-refractivity contribution >= 4 is 33.0 Å². The molecule has 20 heavy (non-hydrogen) atoms. The zero-order valence-corrected chi connectivity index (χ0v) is 12.2. The number of benzene rings is 1. The molecule has 1 aromatic heterocycles. The second kappa shape index (κ2) is 5.66. The smallest absolute Gasteiger partial charge is 0.265 e. The predicted octanol–water partition coefficient (Wildman–Crippen LogP) is 2.13. The predicted molar refractivity (Wildman–Crippen MR) is 79.0 cm³/mol. The molecule has 0 spiro atoms. The van der Waals surface area contributed by atoms with Crippen molar-refractivity contribution in [1.29, 1.82) is 0 Å². The van der Waals surface area contributed by atoms with Gasteiger partial charge in [0.15, 0.2) is 0 Å². The maximum absolute atomic E-state index is 12.4. The van der Waals surface area contributed by atoms with Crippen LogP contribution in [0.25, 0.3) is 0 Å². The van der Waals surface area contributed by atoms with Gasteiger partial charge < -0.3 is 5.43 Å². The molecule has 0 saturated carbocycles. The van der Waals surface area contributed by atoms with E-state index in [1.54, 1.807) is 25.1 Å². The molecule has 0 amide bonds. The third-order valence-corrected chi connectivity index (χ3v) is 4.54. The minimum Gasteiger partial charge on any atom is -0.323 e. The lowest BCUT2D eigenvalue weighted by molar-refractivity contribution is 0.601. The summed E-state index contributed by atoms with van der Waals surface area (Å²) in [5.41, 5.74) is 3.63. The molecule has 0 fully saturated rings. The summed E-state index contributed by atoms with van der Waals surface area (Å²) >= 11 is 5.97. The van der Waals surface area contributed by atoms with Gasteiger partial charge in [-0.05, 0) is 30.7 Å². The van der Waals surface area contributed by atoms with E-state index < -0.39 is 10.0 Å². The average Bonchev–Trinajstić information content (AvgIpc) is 2.43. The lowest BCUT2D eigenvalue weighted by atomic mass is 10.2.